The molecule has 40 valence electrons. The average Bonchev–Trinajstić information content (AvgIpc) is 1.33. The summed E-state index contributed by atoms with van der Waals surface area (Å²) in [6.07, 6.45) is 0.250. The Morgan fingerprint density at radius 2 is 1.57 bits per heavy atom. The van der Waals surface area contributed by atoms with Crippen molar-refractivity contribution in [3.8, 4) is 0 Å². The largest absolute Gasteiger partial charge is 0.550 e. The first kappa shape index (κ1) is 9.28. The van der Waals surface area contributed by atoms with Crippen molar-refractivity contribution in [2.45, 2.75) is 6.92 Å². The Labute approximate surface area is 39.8 Å². The SMILES string of the molecule is CC(=O)[O-].O=C=O. The molecular weight excluding hydrogens is 100 g/mol. The van der Waals surface area contributed by atoms with Gasteiger partial charge in [0.05, 0.1) is 0 Å². The molecule has 0 radical (unpaired) electrons. The lowest BCUT2D eigenvalue weighted by molar-refractivity contribution is -0.302. The molecular formula is C3H3O4-. The third-order valence-corrected chi connectivity index (χ3v) is 0. The van der Waals surface area contributed by atoms with Gasteiger partial charge in [-0.1, -0.05) is 0 Å². The molecule has 0 saturated carbocycles. The summed E-state index contributed by atoms with van der Waals surface area (Å²) in [5.41, 5.74) is 0. The van der Waals surface area contributed by atoms with E-state index >= 15 is 0 Å². The third kappa shape index (κ3) is 29.8. The maximum Gasteiger partial charge on any atom is 0.373 e. The quantitative estimate of drug-likeness (QED) is 0.361. The number of hydrogen-bond acceptors (Lipinski definition) is 4. The van der Waals surface area contributed by atoms with E-state index in [-0.39, 0.29) is 6.15 Å². The molecule has 7 heavy (non-hydrogen) atoms. The highest BCUT2D eigenvalue weighted by molar-refractivity contribution is 5.60. The molecule has 0 amide bonds. The van der Waals surface area contributed by atoms with E-state index < -0.39 is 5.97 Å². The molecule has 0 unspecified atom stereocenters. The van der Waals surface area contributed by atoms with Crippen LogP contribution in [0.15, 0.2) is 0 Å². The predicted octanol–water partition coefficient (Wildman–Crippen LogP) is -1.83. The molecule has 0 aromatic rings. The number of carbonyl (C=O) groups excluding carboxylic acids is 3. The van der Waals surface area contributed by atoms with Gasteiger partial charge in [-0.3, -0.25) is 0 Å². The minimum Gasteiger partial charge on any atom is -0.550 e. The zero-order valence-corrected chi connectivity index (χ0v) is 3.63. The Hall–Kier alpha value is -1.15. The van der Waals surface area contributed by atoms with Gasteiger partial charge in [0.1, 0.15) is 0 Å². The van der Waals surface area contributed by atoms with E-state index in [0.717, 1.165) is 6.92 Å². The maximum absolute atomic E-state index is 8.89. The van der Waals surface area contributed by atoms with Crippen LogP contribution in [0.1, 0.15) is 6.92 Å². The fourth-order valence-electron chi connectivity index (χ4n) is 0. The van der Waals surface area contributed by atoms with Crippen molar-refractivity contribution >= 4 is 12.1 Å². The Morgan fingerprint density at radius 3 is 1.57 bits per heavy atom. The average molecular weight is 103 g/mol. The van der Waals surface area contributed by atoms with Crippen LogP contribution in [0, 0.1) is 0 Å². The van der Waals surface area contributed by atoms with Gasteiger partial charge in [-0.25, -0.2) is 0 Å². The Balaban J connectivity index is 0. The molecule has 0 rings (SSSR count). The highest BCUT2D eigenvalue weighted by atomic mass is 16.4. The molecule has 4 nitrogen and oxygen atoms in total. The Morgan fingerprint density at radius 1 is 1.57 bits per heavy atom. The van der Waals surface area contributed by atoms with E-state index in [2.05, 4.69) is 0 Å². The number of carbonyl (C=O) groups is 1. The van der Waals surface area contributed by atoms with Gasteiger partial charge in [0.2, 0.25) is 0 Å². The lowest BCUT2D eigenvalue weighted by Gasteiger charge is -1.77. The smallest absolute Gasteiger partial charge is 0.373 e. The van der Waals surface area contributed by atoms with Gasteiger partial charge in [0.25, 0.3) is 0 Å². The number of aliphatic carboxylic acids is 1. The highest BCUT2D eigenvalue weighted by Crippen LogP contribution is 1.31. The van der Waals surface area contributed by atoms with E-state index in [1.54, 1.807) is 0 Å². The van der Waals surface area contributed by atoms with Gasteiger partial charge in [0.15, 0.2) is 0 Å². The highest BCUT2D eigenvalue weighted by Gasteiger charge is 1.46. The van der Waals surface area contributed by atoms with Crippen molar-refractivity contribution in [2.75, 3.05) is 0 Å². The lowest BCUT2D eigenvalue weighted by atomic mass is 10.9. The van der Waals surface area contributed by atoms with E-state index in [4.69, 9.17) is 19.5 Å². The predicted molar refractivity (Wildman–Crippen MR) is 15.7 cm³/mol. The van der Waals surface area contributed by atoms with Crippen molar-refractivity contribution in [3.63, 3.8) is 0 Å². The van der Waals surface area contributed by atoms with Crippen LogP contribution >= 0.6 is 0 Å². The second-order valence-electron chi connectivity index (χ2n) is 0.575. The Bertz CT molecular complexity index is 74.9. The van der Waals surface area contributed by atoms with Gasteiger partial charge in [-0.15, -0.1) is 0 Å². The van der Waals surface area contributed by atoms with Crippen LogP contribution in [0.3, 0.4) is 0 Å². The first-order valence-corrected chi connectivity index (χ1v) is 1.32. The summed E-state index contributed by atoms with van der Waals surface area (Å²) in [7, 11) is 0. The number of carboxylic acid groups (broad SMARTS) is 1. The van der Waals surface area contributed by atoms with Gasteiger partial charge in [0, 0.05) is 5.97 Å². The summed E-state index contributed by atoms with van der Waals surface area (Å²) >= 11 is 0. The molecule has 0 aromatic heterocycles. The normalized spacial score (nSPS) is 4.71. The summed E-state index contributed by atoms with van der Waals surface area (Å²) in [5, 5.41) is 8.89. The molecule has 0 saturated heterocycles. The monoisotopic (exact) mass is 103 g/mol. The number of carboxylic acids is 1. The second-order valence-corrected chi connectivity index (χ2v) is 0.575. The zero-order valence-electron chi connectivity index (χ0n) is 3.63. The molecule has 0 atom stereocenters. The fourth-order valence-corrected chi connectivity index (χ4v) is 0. The van der Waals surface area contributed by atoms with Crippen molar-refractivity contribution in [3.05, 3.63) is 0 Å². The van der Waals surface area contributed by atoms with Crippen LogP contribution in [0.5, 0.6) is 0 Å². The fraction of sp³-hybridized carbons (Fsp3) is 0.333. The van der Waals surface area contributed by atoms with Crippen LogP contribution in [0.25, 0.3) is 0 Å². The van der Waals surface area contributed by atoms with Crippen LogP contribution in [0.4, 0.5) is 0 Å². The standard InChI is InChI=1S/C2H4O2.CO2/c1-2(3)4;2-1-3/h1H3,(H,3,4);/p-1. The first-order chi connectivity index (χ1) is 3.15. The minimum atomic E-state index is -1.08. The summed E-state index contributed by atoms with van der Waals surface area (Å²) in [6, 6.07) is 0. The molecule has 0 spiro atoms. The van der Waals surface area contributed by atoms with E-state index in [9.17, 15) is 0 Å². The van der Waals surface area contributed by atoms with Crippen molar-refractivity contribution in [1.82, 2.24) is 0 Å². The van der Waals surface area contributed by atoms with Gasteiger partial charge in [-0.05, 0) is 6.92 Å². The first-order valence-electron chi connectivity index (χ1n) is 1.32. The number of hydrogen-bond donors (Lipinski definition) is 0. The summed E-state index contributed by atoms with van der Waals surface area (Å²) in [4.78, 5) is 25.1. The van der Waals surface area contributed by atoms with Crippen molar-refractivity contribution < 1.29 is 19.5 Å². The van der Waals surface area contributed by atoms with Crippen molar-refractivity contribution in [1.29, 1.82) is 0 Å². The zero-order chi connectivity index (χ0) is 6.28. The summed E-state index contributed by atoms with van der Waals surface area (Å²) in [5.74, 6) is -1.08. The lowest BCUT2D eigenvalue weighted by Crippen LogP contribution is -2.16. The summed E-state index contributed by atoms with van der Waals surface area (Å²) < 4.78 is 0. The molecule has 0 aliphatic carbocycles. The van der Waals surface area contributed by atoms with E-state index in [0.29, 0.717) is 0 Å². The molecule has 0 aromatic carbocycles. The minimum absolute atomic E-state index is 0.250. The topological polar surface area (TPSA) is 74.3 Å². The molecule has 0 bridgehead atoms. The van der Waals surface area contributed by atoms with Crippen LogP contribution in [-0.2, 0) is 14.4 Å². The summed E-state index contributed by atoms with van der Waals surface area (Å²) in [6.45, 7) is 0.972. The second kappa shape index (κ2) is 8.85. The molecule has 0 fully saturated rings. The van der Waals surface area contributed by atoms with Gasteiger partial charge in [-0.2, -0.15) is 9.59 Å². The van der Waals surface area contributed by atoms with E-state index in [1.165, 1.54) is 0 Å². The van der Waals surface area contributed by atoms with Crippen LogP contribution in [0.2, 0.25) is 0 Å². The molecule has 0 aliphatic rings. The maximum atomic E-state index is 8.89. The molecule has 0 heterocycles. The molecule has 4 heteroatoms. The molecule has 0 N–H and O–H groups in total. The van der Waals surface area contributed by atoms with Gasteiger partial charge < -0.3 is 9.90 Å². The van der Waals surface area contributed by atoms with E-state index in [1.807, 2.05) is 0 Å². The van der Waals surface area contributed by atoms with Crippen molar-refractivity contribution in [2.24, 2.45) is 0 Å². The van der Waals surface area contributed by atoms with Crippen LogP contribution in [-0.4, -0.2) is 12.1 Å². The van der Waals surface area contributed by atoms with Gasteiger partial charge >= 0.3 is 6.15 Å². The third-order valence-electron chi connectivity index (χ3n) is 0. The number of rotatable bonds is 0. The Kier molecular flexibility index (Phi) is 11.7. The van der Waals surface area contributed by atoms with Crippen LogP contribution < -0.4 is 5.11 Å². The molecule has 0 aliphatic heterocycles.